The standard InChI is InChI=1S/C19H17N3OS/c1-23-17-11-14(12-20)7-8-16(17)13-22-18(19-21-9-10-24-19)15-5-3-2-4-6-15/h2-11,18,22H,13H2,1H3/t18-/m1/s1. The monoisotopic (exact) mass is 335 g/mol. The van der Waals surface area contributed by atoms with E-state index in [1.165, 1.54) is 5.56 Å². The van der Waals surface area contributed by atoms with Crippen LogP contribution in [0.4, 0.5) is 0 Å². The van der Waals surface area contributed by atoms with Crippen LogP contribution in [0.1, 0.15) is 27.7 Å². The average molecular weight is 335 g/mol. The Kier molecular flexibility index (Phi) is 5.22. The fourth-order valence-corrected chi connectivity index (χ4v) is 3.28. The highest BCUT2D eigenvalue weighted by Crippen LogP contribution is 2.26. The predicted molar refractivity (Wildman–Crippen MR) is 94.9 cm³/mol. The van der Waals surface area contributed by atoms with E-state index >= 15 is 0 Å². The Morgan fingerprint density at radius 1 is 1.25 bits per heavy atom. The lowest BCUT2D eigenvalue weighted by atomic mass is 10.1. The van der Waals surface area contributed by atoms with E-state index in [1.54, 1.807) is 30.6 Å². The minimum atomic E-state index is 0.0200. The van der Waals surface area contributed by atoms with Crippen LogP contribution in [0, 0.1) is 11.3 Å². The van der Waals surface area contributed by atoms with E-state index < -0.39 is 0 Å². The fraction of sp³-hybridized carbons (Fsp3) is 0.158. The molecule has 1 N–H and O–H groups in total. The molecule has 0 spiro atoms. The Bertz CT molecular complexity index is 826. The lowest BCUT2D eigenvalue weighted by Crippen LogP contribution is -2.22. The van der Waals surface area contributed by atoms with E-state index in [2.05, 4.69) is 28.5 Å². The van der Waals surface area contributed by atoms with Gasteiger partial charge in [-0.25, -0.2) is 4.98 Å². The molecule has 120 valence electrons. The molecule has 0 fully saturated rings. The normalized spacial score (nSPS) is 11.7. The Hall–Kier alpha value is -2.68. The Morgan fingerprint density at radius 2 is 2.08 bits per heavy atom. The molecule has 4 nitrogen and oxygen atoms in total. The van der Waals surface area contributed by atoms with Crippen molar-refractivity contribution >= 4 is 11.3 Å². The average Bonchev–Trinajstić information content (AvgIpc) is 3.17. The van der Waals surface area contributed by atoms with E-state index in [1.807, 2.05) is 35.8 Å². The van der Waals surface area contributed by atoms with Crippen LogP contribution in [0.3, 0.4) is 0 Å². The quantitative estimate of drug-likeness (QED) is 0.742. The van der Waals surface area contributed by atoms with Crippen molar-refractivity contribution in [3.05, 3.63) is 81.8 Å². The van der Waals surface area contributed by atoms with Crippen molar-refractivity contribution in [3.63, 3.8) is 0 Å². The van der Waals surface area contributed by atoms with E-state index in [0.717, 1.165) is 10.6 Å². The summed E-state index contributed by atoms with van der Waals surface area (Å²) >= 11 is 1.63. The first kappa shape index (κ1) is 16.2. The van der Waals surface area contributed by atoms with E-state index in [4.69, 9.17) is 10.00 Å². The van der Waals surface area contributed by atoms with Gasteiger partial charge in [0.2, 0.25) is 0 Å². The number of benzene rings is 2. The Balaban J connectivity index is 1.84. The topological polar surface area (TPSA) is 57.9 Å². The molecule has 0 aliphatic rings. The summed E-state index contributed by atoms with van der Waals surface area (Å²) < 4.78 is 5.41. The smallest absolute Gasteiger partial charge is 0.124 e. The first-order valence-corrected chi connectivity index (χ1v) is 8.44. The van der Waals surface area contributed by atoms with Crippen LogP contribution in [0.5, 0.6) is 5.75 Å². The lowest BCUT2D eigenvalue weighted by Gasteiger charge is -2.18. The molecule has 24 heavy (non-hydrogen) atoms. The highest BCUT2D eigenvalue weighted by molar-refractivity contribution is 7.09. The third-order valence-electron chi connectivity index (χ3n) is 3.74. The van der Waals surface area contributed by atoms with Crippen LogP contribution in [0.15, 0.2) is 60.1 Å². The van der Waals surface area contributed by atoms with Crippen molar-refractivity contribution in [1.82, 2.24) is 10.3 Å². The molecule has 0 amide bonds. The molecule has 0 bridgehead atoms. The van der Waals surface area contributed by atoms with Crippen molar-refractivity contribution in [1.29, 1.82) is 5.26 Å². The second kappa shape index (κ2) is 7.73. The highest BCUT2D eigenvalue weighted by atomic mass is 32.1. The van der Waals surface area contributed by atoms with Gasteiger partial charge >= 0.3 is 0 Å². The van der Waals surface area contributed by atoms with Crippen molar-refractivity contribution in [3.8, 4) is 11.8 Å². The number of nitrogens with zero attached hydrogens (tertiary/aromatic N) is 2. The molecule has 0 radical (unpaired) electrons. The summed E-state index contributed by atoms with van der Waals surface area (Å²) in [5.74, 6) is 0.715. The van der Waals surface area contributed by atoms with Gasteiger partial charge in [-0.1, -0.05) is 36.4 Å². The molecule has 0 aliphatic heterocycles. The van der Waals surface area contributed by atoms with Crippen LogP contribution in [0.25, 0.3) is 0 Å². The molecular weight excluding hydrogens is 318 g/mol. The predicted octanol–water partition coefficient (Wildman–Crippen LogP) is 3.90. The zero-order valence-corrected chi connectivity index (χ0v) is 14.1. The molecule has 3 rings (SSSR count). The van der Waals surface area contributed by atoms with Crippen molar-refractivity contribution in [2.75, 3.05) is 7.11 Å². The number of methoxy groups -OCH3 is 1. The van der Waals surface area contributed by atoms with E-state index in [9.17, 15) is 0 Å². The molecule has 1 aromatic heterocycles. The van der Waals surface area contributed by atoms with Gasteiger partial charge in [0.25, 0.3) is 0 Å². The summed E-state index contributed by atoms with van der Waals surface area (Å²) in [5, 5.41) is 15.6. The van der Waals surface area contributed by atoms with Gasteiger partial charge in [0.05, 0.1) is 24.8 Å². The summed E-state index contributed by atoms with van der Waals surface area (Å²) in [5.41, 5.74) is 2.77. The van der Waals surface area contributed by atoms with Gasteiger partial charge in [-0.05, 0) is 17.7 Å². The van der Waals surface area contributed by atoms with Crippen LogP contribution in [0.2, 0.25) is 0 Å². The number of hydrogen-bond acceptors (Lipinski definition) is 5. The molecular formula is C19H17N3OS. The molecule has 0 unspecified atom stereocenters. The minimum absolute atomic E-state index is 0.0200. The molecule has 2 aromatic carbocycles. The third kappa shape index (κ3) is 3.62. The first-order valence-electron chi connectivity index (χ1n) is 7.56. The zero-order chi connectivity index (χ0) is 16.8. The van der Waals surface area contributed by atoms with E-state index in [-0.39, 0.29) is 6.04 Å². The third-order valence-corrected chi connectivity index (χ3v) is 4.58. The number of ether oxygens (including phenoxy) is 1. The van der Waals surface area contributed by atoms with Gasteiger partial charge in [-0.2, -0.15) is 5.26 Å². The first-order chi connectivity index (χ1) is 11.8. The molecule has 0 saturated heterocycles. The number of thiazole rings is 1. The summed E-state index contributed by atoms with van der Waals surface area (Å²) in [4.78, 5) is 4.46. The molecule has 3 aromatic rings. The van der Waals surface area contributed by atoms with Crippen molar-refractivity contribution in [2.45, 2.75) is 12.6 Å². The van der Waals surface area contributed by atoms with Gasteiger partial charge in [-0.3, -0.25) is 0 Å². The van der Waals surface area contributed by atoms with Crippen LogP contribution < -0.4 is 10.1 Å². The van der Waals surface area contributed by atoms with Crippen LogP contribution in [-0.4, -0.2) is 12.1 Å². The summed E-state index contributed by atoms with van der Waals surface area (Å²) in [6.45, 7) is 0.619. The van der Waals surface area contributed by atoms with Gasteiger partial charge in [-0.15, -0.1) is 11.3 Å². The number of hydrogen-bond donors (Lipinski definition) is 1. The van der Waals surface area contributed by atoms with Gasteiger partial charge < -0.3 is 10.1 Å². The Labute approximate surface area is 145 Å². The second-order valence-electron chi connectivity index (χ2n) is 5.23. The van der Waals surface area contributed by atoms with Crippen LogP contribution >= 0.6 is 11.3 Å². The van der Waals surface area contributed by atoms with Gasteiger partial charge in [0, 0.05) is 23.7 Å². The number of rotatable bonds is 6. The molecule has 5 heteroatoms. The minimum Gasteiger partial charge on any atom is -0.496 e. The SMILES string of the molecule is COc1cc(C#N)ccc1CN[C@H](c1ccccc1)c1nccs1. The Morgan fingerprint density at radius 3 is 2.75 bits per heavy atom. The van der Waals surface area contributed by atoms with Crippen LogP contribution in [-0.2, 0) is 6.54 Å². The summed E-state index contributed by atoms with van der Waals surface area (Å²) in [6, 6.07) is 17.9. The van der Waals surface area contributed by atoms with Crippen molar-refractivity contribution in [2.24, 2.45) is 0 Å². The lowest BCUT2D eigenvalue weighted by molar-refractivity contribution is 0.406. The zero-order valence-electron chi connectivity index (χ0n) is 13.3. The maximum Gasteiger partial charge on any atom is 0.124 e. The molecule has 1 atom stereocenters. The highest BCUT2D eigenvalue weighted by Gasteiger charge is 2.16. The largest absolute Gasteiger partial charge is 0.496 e. The molecule has 0 aliphatic carbocycles. The van der Waals surface area contributed by atoms with E-state index in [0.29, 0.717) is 17.9 Å². The van der Waals surface area contributed by atoms with Gasteiger partial charge in [0.15, 0.2) is 0 Å². The molecule has 1 heterocycles. The second-order valence-corrected chi connectivity index (χ2v) is 6.16. The maximum absolute atomic E-state index is 9.01. The summed E-state index contributed by atoms with van der Waals surface area (Å²) in [6.07, 6.45) is 1.82. The number of aromatic nitrogens is 1. The fourth-order valence-electron chi connectivity index (χ4n) is 2.54. The maximum atomic E-state index is 9.01. The molecule has 0 saturated carbocycles. The van der Waals surface area contributed by atoms with Crippen molar-refractivity contribution < 1.29 is 4.74 Å². The number of nitriles is 1. The summed E-state index contributed by atoms with van der Waals surface area (Å²) in [7, 11) is 1.62. The van der Waals surface area contributed by atoms with Gasteiger partial charge in [0.1, 0.15) is 10.8 Å². The number of nitrogens with one attached hydrogen (secondary N) is 1.